The van der Waals surface area contributed by atoms with Crippen molar-refractivity contribution in [3.05, 3.63) is 42.0 Å². The van der Waals surface area contributed by atoms with Gasteiger partial charge in [-0.15, -0.1) is 0 Å². The molecule has 2 N–H and O–H groups in total. The van der Waals surface area contributed by atoms with Crippen LogP contribution in [0.25, 0.3) is 0 Å². The van der Waals surface area contributed by atoms with Crippen LogP contribution in [0.2, 0.25) is 0 Å². The van der Waals surface area contributed by atoms with Crippen molar-refractivity contribution in [2.24, 2.45) is 0 Å². The first-order chi connectivity index (χ1) is 8.49. The lowest BCUT2D eigenvalue weighted by atomic mass is 10.2. The van der Waals surface area contributed by atoms with Gasteiger partial charge in [0, 0.05) is 18.2 Å². The zero-order valence-electron chi connectivity index (χ0n) is 10.8. The van der Waals surface area contributed by atoms with Gasteiger partial charge >= 0.3 is 5.97 Å². The van der Waals surface area contributed by atoms with Gasteiger partial charge in [-0.3, -0.25) is 0 Å². The van der Waals surface area contributed by atoms with Crippen molar-refractivity contribution >= 4 is 5.97 Å². The predicted octanol–water partition coefficient (Wildman–Crippen LogP) is 1.99. The van der Waals surface area contributed by atoms with Crippen LogP contribution in [0.5, 0.6) is 5.75 Å². The largest absolute Gasteiger partial charge is 0.492 e. The van der Waals surface area contributed by atoms with Crippen LogP contribution < -0.4 is 10.1 Å². The Bertz CT molecular complexity index is 412. The van der Waals surface area contributed by atoms with E-state index in [2.05, 4.69) is 11.9 Å². The average Bonchev–Trinajstić information content (AvgIpc) is 2.35. The van der Waals surface area contributed by atoms with Gasteiger partial charge in [-0.25, -0.2) is 4.79 Å². The molecule has 0 bridgehead atoms. The molecule has 0 heterocycles. The Morgan fingerprint density at radius 3 is 2.61 bits per heavy atom. The molecule has 0 saturated heterocycles. The monoisotopic (exact) mass is 249 g/mol. The number of rotatable bonds is 7. The fourth-order valence-corrected chi connectivity index (χ4v) is 1.29. The Morgan fingerprint density at radius 2 is 2.06 bits per heavy atom. The third kappa shape index (κ3) is 5.01. The summed E-state index contributed by atoms with van der Waals surface area (Å²) in [7, 11) is 0. The maximum absolute atomic E-state index is 10.6. The molecule has 0 amide bonds. The van der Waals surface area contributed by atoms with E-state index in [1.54, 1.807) is 0 Å². The molecule has 1 unspecified atom stereocenters. The molecule has 1 rings (SSSR count). The second-order valence-electron chi connectivity index (χ2n) is 4.31. The summed E-state index contributed by atoms with van der Waals surface area (Å²) in [4.78, 5) is 10.6. The van der Waals surface area contributed by atoms with E-state index < -0.39 is 5.97 Å². The lowest BCUT2D eigenvalue weighted by Gasteiger charge is -2.15. The molecule has 1 aromatic carbocycles. The van der Waals surface area contributed by atoms with Crippen LogP contribution in [0.3, 0.4) is 0 Å². The van der Waals surface area contributed by atoms with Gasteiger partial charge in [0.15, 0.2) is 0 Å². The van der Waals surface area contributed by atoms with Crippen LogP contribution >= 0.6 is 0 Å². The normalized spacial score (nSPS) is 11.9. The second kappa shape index (κ2) is 6.81. The van der Waals surface area contributed by atoms with Gasteiger partial charge in [0.25, 0.3) is 0 Å². The summed E-state index contributed by atoms with van der Waals surface area (Å²) < 4.78 is 5.58. The standard InChI is InChI=1S/C14H19NO3/c1-10-4-6-13(7-5-10)18-9-12(3)15-8-11(2)14(16)17/h4-7,12,15H,2,8-9H2,1,3H3,(H,16,17). The summed E-state index contributed by atoms with van der Waals surface area (Å²) in [5.74, 6) is -0.166. The molecular weight excluding hydrogens is 230 g/mol. The van der Waals surface area contributed by atoms with Gasteiger partial charge in [-0.2, -0.15) is 0 Å². The highest BCUT2D eigenvalue weighted by atomic mass is 16.5. The van der Waals surface area contributed by atoms with Gasteiger partial charge in [-0.05, 0) is 26.0 Å². The van der Waals surface area contributed by atoms with Crippen LogP contribution in [0.1, 0.15) is 12.5 Å². The number of carboxylic acid groups (broad SMARTS) is 1. The number of carbonyl (C=O) groups is 1. The smallest absolute Gasteiger partial charge is 0.332 e. The molecule has 0 aliphatic carbocycles. The molecule has 1 atom stereocenters. The Hall–Kier alpha value is -1.81. The second-order valence-corrected chi connectivity index (χ2v) is 4.31. The molecule has 0 aromatic heterocycles. The number of nitrogens with one attached hydrogen (secondary N) is 1. The lowest BCUT2D eigenvalue weighted by molar-refractivity contribution is -0.132. The Balaban J connectivity index is 2.28. The number of aliphatic carboxylic acids is 1. The summed E-state index contributed by atoms with van der Waals surface area (Å²) in [5.41, 5.74) is 1.34. The highest BCUT2D eigenvalue weighted by Crippen LogP contribution is 2.11. The van der Waals surface area contributed by atoms with Crippen molar-refractivity contribution in [3.8, 4) is 5.75 Å². The fraction of sp³-hybridized carbons (Fsp3) is 0.357. The van der Waals surface area contributed by atoms with Crippen molar-refractivity contribution < 1.29 is 14.6 Å². The lowest BCUT2D eigenvalue weighted by Crippen LogP contribution is -2.34. The minimum Gasteiger partial charge on any atom is -0.492 e. The Morgan fingerprint density at radius 1 is 1.44 bits per heavy atom. The van der Waals surface area contributed by atoms with Crippen molar-refractivity contribution in [2.45, 2.75) is 19.9 Å². The third-order valence-corrected chi connectivity index (χ3v) is 2.49. The van der Waals surface area contributed by atoms with Gasteiger partial charge in [0.05, 0.1) is 0 Å². The topological polar surface area (TPSA) is 58.6 Å². The minimum atomic E-state index is -0.978. The number of hydrogen-bond acceptors (Lipinski definition) is 3. The Labute approximate surface area is 107 Å². The number of benzene rings is 1. The molecule has 4 nitrogen and oxygen atoms in total. The van der Waals surface area contributed by atoms with Crippen LogP contribution in [0.15, 0.2) is 36.4 Å². The highest BCUT2D eigenvalue weighted by molar-refractivity contribution is 5.86. The molecule has 0 radical (unpaired) electrons. The predicted molar refractivity (Wildman–Crippen MR) is 70.9 cm³/mol. The molecule has 4 heteroatoms. The van der Waals surface area contributed by atoms with Crippen LogP contribution in [0.4, 0.5) is 0 Å². The molecule has 0 aliphatic rings. The quantitative estimate of drug-likeness (QED) is 0.726. The number of carboxylic acids is 1. The van der Waals surface area contributed by atoms with E-state index in [0.717, 1.165) is 5.75 Å². The van der Waals surface area contributed by atoms with Crippen molar-refractivity contribution in [1.82, 2.24) is 5.32 Å². The summed E-state index contributed by atoms with van der Waals surface area (Å²) in [5, 5.41) is 11.7. The summed E-state index contributed by atoms with van der Waals surface area (Å²) >= 11 is 0. The maximum Gasteiger partial charge on any atom is 0.332 e. The van der Waals surface area contributed by atoms with Crippen LogP contribution in [-0.4, -0.2) is 30.3 Å². The zero-order chi connectivity index (χ0) is 13.5. The van der Waals surface area contributed by atoms with E-state index in [1.165, 1.54) is 5.56 Å². The third-order valence-electron chi connectivity index (χ3n) is 2.49. The summed E-state index contributed by atoms with van der Waals surface area (Å²) in [6.07, 6.45) is 0. The molecule has 0 saturated carbocycles. The van der Waals surface area contributed by atoms with Crippen molar-refractivity contribution in [3.63, 3.8) is 0 Å². The van der Waals surface area contributed by atoms with E-state index in [0.29, 0.717) is 6.61 Å². The maximum atomic E-state index is 10.6. The Kier molecular flexibility index (Phi) is 5.39. The molecular formula is C14H19NO3. The van der Waals surface area contributed by atoms with E-state index >= 15 is 0 Å². The van der Waals surface area contributed by atoms with Crippen molar-refractivity contribution in [1.29, 1.82) is 0 Å². The van der Waals surface area contributed by atoms with E-state index in [4.69, 9.17) is 9.84 Å². The molecule has 18 heavy (non-hydrogen) atoms. The average molecular weight is 249 g/mol. The van der Waals surface area contributed by atoms with Crippen LogP contribution in [-0.2, 0) is 4.79 Å². The highest BCUT2D eigenvalue weighted by Gasteiger charge is 2.07. The fourth-order valence-electron chi connectivity index (χ4n) is 1.29. The van der Waals surface area contributed by atoms with Crippen molar-refractivity contribution in [2.75, 3.05) is 13.2 Å². The SMILES string of the molecule is C=C(CNC(C)COc1ccc(C)cc1)C(=O)O. The van der Waals surface area contributed by atoms with E-state index in [1.807, 2.05) is 38.1 Å². The minimum absolute atomic E-state index is 0.0578. The first-order valence-electron chi connectivity index (χ1n) is 5.83. The summed E-state index contributed by atoms with van der Waals surface area (Å²) in [6, 6.07) is 7.86. The summed E-state index contributed by atoms with van der Waals surface area (Å²) in [6.45, 7) is 8.14. The first-order valence-corrected chi connectivity index (χ1v) is 5.83. The zero-order valence-corrected chi connectivity index (χ0v) is 10.8. The first kappa shape index (κ1) is 14.3. The molecule has 98 valence electrons. The molecule has 1 aromatic rings. The molecule has 0 fully saturated rings. The van der Waals surface area contributed by atoms with Gasteiger partial charge in [0.1, 0.15) is 12.4 Å². The van der Waals surface area contributed by atoms with E-state index in [-0.39, 0.29) is 18.2 Å². The number of ether oxygens (including phenoxy) is 1. The van der Waals surface area contributed by atoms with Gasteiger partial charge < -0.3 is 15.2 Å². The van der Waals surface area contributed by atoms with Gasteiger partial charge in [-0.1, -0.05) is 24.3 Å². The van der Waals surface area contributed by atoms with Crippen LogP contribution in [0, 0.1) is 6.92 Å². The number of hydrogen-bond donors (Lipinski definition) is 2. The number of aryl methyl sites for hydroxylation is 1. The molecule has 0 spiro atoms. The van der Waals surface area contributed by atoms with Gasteiger partial charge in [0.2, 0.25) is 0 Å². The molecule has 0 aliphatic heterocycles. The van der Waals surface area contributed by atoms with E-state index in [9.17, 15) is 4.79 Å².